The molecule has 2 N–H and O–H groups in total. The second-order valence-corrected chi connectivity index (χ2v) is 5.93. The Bertz CT molecular complexity index is 408. The molecule has 0 radical (unpaired) electrons. The number of anilines is 1. The van der Waals surface area contributed by atoms with E-state index in [0.717, 1.165) is 29.4 Å². The highest BCUT2D eigenvalue weighted by Gasteiger charge is 2.46. The van der Waals surface area contributed by atoms with Gasteiger partial charge in [0, 0.05) is 5.69 Å². The summed E-state index contributed by atoms with van der Waals surface area (Å²) in [6.45, 7) is 4.68. The molecule has 1 fully saturated rings. The quantitative estimate of drug-likeness (QED) is 0.744. The molecule has 3 rings (SSSR count). The fourth-order valence-corrected chi connectivity index (χ4v) is 4.04. The van der Waals surface area contributed by atoms with Gasteiger partial charge in [0.05, 0.1) is 0 Å². The highest BCUT2D eigenvalue weighted by atomic mass is 14.6. The molecule has 1 saturated carbocycles. The minimum Gasteiger partial charge on any atom is -0.398 e. The minimum atomic E-state index is 0.767. The van der Waals surface area contributed by atoms with Crippen molar-refractivity contribution in [2.75, 3.05) is 5.73 Å². The van der Waals surface area contributed by atoms with Crippen LogP contribution in [0.2, 0.25) is 0 Å². The summed E-state index contributed by atoms with van der Waals surface area (Å²) in [4.78, 5) is 0. The third-order valence-electron chi connectivity index (χ3n) is 4.51. The van der Waals surface area contributed by atoms with E-state index in [0.29, 0.717) is 0 Å². The Kier molecular flexibility index (Phi) is 2.24. The Morgan fingerprint density at radius 3 is 2.69 bits per heavy atom. The summed E-state index contributed by atoms with van der Waals surface area (Å²) >= 11 is 0. The number of nitrogen functional groups attached to an aromatic ring is 1. The topological polar surface area (TPSA) is 26.0 Å². The van der Waals surface area contributed by atoms with Crippen LogP contribution >= 0.6 is 0 Å². The summed E-state index contributed by atoms with van der Waals surface area (Å²) in [7, 11) is 0. The zero-order chi connectivity index (χ0) is 11.3. The van der Waals surface area contributed by atoms with Gasteiger partial charge in [-0.15, -0.1) is 0 Å². The first-order chi connectivity index (χ1) is 7.68. The Balaban J connectivity index is 2.00. The monoisotopic (exact) mass is 215 g/mol. The molecule has 16 heavy (non-hydrogen) atoms. The van der Waals surface area contributed by atoms with Crippen molar-refractivity contribution >= 4 is 5.69 Å². The molecule has 0 saturated heterocycles. The van der Waals surface area contributed by atoms with Crippen molar-refractivity contribution in [2.45, 2.75) is 44.9 Å². The van der Waals surface area contributed by atoms with Crippen LogP contribution in [0.3, 0.4) is 0 Å². The first-order valence-electron chi connectivity index (χ1n) is 6.56. The maximum atomic E-state index is 6.15. The molecule has 1 heteroatoms. The second kappa shape index (κ2) is 3.51. The Morgan fingerprint density at radius 2 is 2.00 bits per heavy atom. The highest BCUT2D eigenvalue weighted by molar-refractivity contribution is 5.58. The fourth-order valence-electron chi connectivity index (χ4n) is 4.04. The second-order valence-electron chi connectivity index (χ2n) is 5.93. The summed E-state index contributed by atoms with van der Waals surface area (Å²) in [6, 6.07) is 6.51. The van der Waals surface area contributed by atoms with E-state index in [9.17, 15) is 0 Å². The molecule has 1 nitrogen and oxygen atoms in total. The van der Waals surface area contributed by atoms with E-state index in [4.69, 9.17) is 5.73 Å². The lowest BCUT2D eigenvalue weighted by Gasteiger charge is -2.18. The Morgan fingerprint density at radius 1 is 1.25 bits per heavy atom. The molecule has 2 aliphatic rings. The number of nitrogens with two attached hydrogens (primary N) is 1. The van der Waals surface area contributed by atoms with E-state index in [-0.39, 0.29) is 0 Å². The van der Waals surface area contributed by atoms with Crippen molar-refractivity contribution in [3.63, 3.8) is 0 Å². The van der Waals surface area contributed by atoms with Gasteiger partial charge < -0.3 is 5.73 Å². The summed E-state index contributed by atoms with van der Waals surface area (Å²) < 4.78 is 0. The van der Waals surface area contributed by atoms with Gasteiger partial charge in [-0.25, -0.2) is 0 Å². The summed E-state index contributed by atoms with van der Waals surface area (Å²) in [5, 5.41) is 0. The van der Waals surface area contributed by atoms with Crippen LogP contribution in [-0.2, 0) is 0 Å². The molecule has 0 heterocycles. The van der Waals surface area contributed by atoms with Gasteiger partial charge in [-0.3, -0.25) is 0 Å². The van der Waals surface area contributed by atoms with Gasteiger partial charge in [0.25, 0.3) is 0 Å². The molecule has 1 aromatic rings. The number of benzene rings is 1. The van der Waals surface area contributed by atoms with E-state index in [1.54, 1.807) is 5.56 Å². The van der Waals surface area contributed by atoms with E-state index < -0.39 is 0 Å². The van der Waals surface area contributed by atoms with Crippen LogP contribution in [0.4, 0.5) is 5.69 Å². The van der Waals surface area contributed by atoms with Crippen LogP contribution in [0.5, 0.6) is 0 Å². The lowest BCUT2D eigenvalue weighted by Crippen LogP contribution is -2.07. The average Bonchev–Trinajstić information content (AvgIpc) is 2.74. The molecular formula is C15H21N. The average molecular weight is 215 g/mol. The molecule has 86 valence electrons. The molecule has 2 bridgehead atoms. The third-order valence-corrected chi connectivity index (χ3v) is 4.51. The summed E-state index contributed by atoms with van der Waals surface area (Å²) in [5.74, 6) is 3.26. The third kappa shape index (κ3) is 1.30. The van der Waals surface area contributed by atoms with Crippen molar-refractivity contribution in [3.8, 4) is 0 Å². The van der Waals surface area contributed by atoms with Crippen LogP contribution in [0.1, 0.15) is 56.1 Å². The van der Waals surface area contributed by atoms with Crippen LogP contribution in [-0.4, -0.2) is 0 Å². The Labute approximate surface area is 98.0 Å². The van der Waals surface area contributed by atoms with Gasteiger partial charge in [-0.1, -0.05) is 26.0 Å². The van der Waals surface area contributed by atoms with Gasteiger partial charge in [0.1, 0.15) is 0 Å². The van der Waals surface area contributed by atoms with E-state index in [1.807, 2.05) is 0 Å². The van der Waals surface area contributed by atoms with Crippen molar-refractivity contribution < 1.29 is 0 Å². The maximum Gasteiger partial charge on any atom is 0.0352 e. The summed E-state index contributed by atoms with van der Waals surface area (Å²) in [6.07, 6.45) is 4.12. The molecule has 0 aliphatic heterocycles. The zero-order valence-electron chi connectivity index (χ0n) is 10.2. The Hall–Kier alpha value is -0.980. The van der Waals surface area contributed by atoms with Crippen molar-refractivity contribution in [1.82, 2.24) is 0 Å². The van der Waals surface area contributed by atoms with E-state index in [1.165, 1.54) is 24.8 Å². The van der Waals surface area contributed by atoms with Crippen molar-refractivity contribution in [1.29, 1.82) is 0 Å². The summed E-state index contributed by atoms with van der Waals surface area (Å²) in [5.41, 5.74) is 10.3. The number of hydrogen-bond acceptors (Lipinski definition) is 1. The van der Waals surface area contributed by atoms with Crippen LogP contribution in [0, 0.1) is 11.8 Å². The highest BCUT2D eigenvalue weighted by Crippen LogP contribution is 2.60. The zero-order valence-corrected chi connectivity index (χ0v) is 10.2. The predicted octanol–water partition coefficient (Wildman–Crippen LogP) is 3.91. The molecule has 2 aliphatic carbocycles. The first kappa shape index (κ1) is 10.2. The lowest BCUT2D eigenvalue weighted by molar-refractivity contribution is 0.380. The smallest absolute Gasteiger partial charge is 0.0352 e. The van der Waals surface area contributed by atoms with Gasteiger partial charge in [-0.2, -0.15) is 0 Å². The van der Waals surface area contributed by atoms with Crippen LogP contribution in [0.25, 0.3) is 0 Å². The van der Waals surface area contributed by atoms with Crippen molar-refractivity contribution in [3.05, 3.63) is 29.3 Å². The number of fused-ring (bicyclic) bond motifs is 5. The van der Waals surface area contributed by atoms with Crippen molar-refractivity contribution in [2.24, 2.45) is 11.8 Å². The SMILES string of the molecule is CC(C)CC1C2CCC1c1c(N)cccc12. The first-order valence-corrected chi connectivity index (χ1v) is 6.56. The number of rotatable bonds is 2. The molecule has 0 spiro atoms. The molecule has 3 unspecified atom stereocenters. The van der Waals surface area contributed by atoms with E-state index >= 15 is 0 Å². The van der Waals surface area contributed by atoms with E-state index in [2.05, 4.69) is 32.0 Å². The predicted molar refractivity (Wildman–Crippen MR) is 68.5 cm³/mol. The fraction of sp³-hybridized carbons (Fsp3) is 0.600. The van der Waals surface area contributed by atoms with Gasteiger partial charge >= 0.3 is 0 Å². The van der Waals surface area contributed by atoms with Gasteiger partial charge in [-0.05, 0) is 60.1 Å². The normalized spacial score (nSPS) is 31.1. The maximum absolute atomic E-state index is 6.15. The van der Waals surface area contributed by atoms with Gasteiger partial charge in [0.2, 0.25) is 0 Å². The molecule has 0 aromatic heterocycles. The minimum absolute atomic E-state index is 0.767. The number of hydrogen-bond donors (Lipinski definition) is 1. The van der Waals surface area contributed by atoms with Crippen LogP contribution < -0.4 is 5.73 Å². The molecule has 3 atom stereocenters. The molecule has 0 amide bonds. The largest absolute Gasteiger partial charge is 0.398 e. The van der Waals surface area contributed by atoms with Gasteiger partial charge in [0.15, 0.2) is 0 Å². The standard InChI is InChI=1S/C15H21N/c1-9(2)8-13-10-6-7-12(13)15-11(10)4-3-5-14(15)16/h3-5,9-10,12-13H,6-8,16H2,1-2H3. The molecular weight excluding hydrogens is 194 g/mol. The van der Waals surface area contributed by atoms with Crippen LogP contribution in [0.15, 0.2) is 18.2 Å². The molecule has 1 aromatic carbocycles. The lowest BCUT2D eigenvalue weighted by atomic mass is 9.87.